The van der Waals surface area contributed by atoms with Gasteiger partial charge in [-0.25, -0.2) is 9.69 Å². The van der Waals surface area contributed by atoms with E-state index < -0.39 is 5.97 Å². The lowest BCUT2D eigenvalue weighted by Gasteiger charge is -2.19. The monoisotopic (exact) mass is 383 g/mol. The van der Waals surface area contributed by atoms with Crippen LogP contribution in [0.4, 0.5) is 5.69 Å². The molecule has 1 saturated carbocycles. The molecule has 2 aromatic rings. The second-order valence-corrected chi connectivity index (χ2v) is 7.34. The van der Waals surface area contributed by atoms with Gasteiger partial charge in [0.1, 0.15) is 5.75 Å². The first-order valence-electron chi connectivity index (χ1n) is 9.00. The summed E-state index contributed by atoms with van der Waals surface area (Å²) < 4.78 is 5.40. The summed E-state index contributed by atoms with van der Waals surface area (Å²) in [5, 5.41) is 0.529. The molecule has 138 valence electrons. The third kappa shape index (κ3) is 3.35. The van der Waals surface area contributed by atoms with Gasteiger partial charge in [-0.2, -0.15) is 0 Å². The Hall–Kier alpha value is -2.66. The molecule has 2 aromatic carbocycles. The topological polar surface area (TPSA) is 63.7 Å². The van der Waals surface area contributed by atoms with Crippen LogP contribution >= 0.6 is 11.6 Å². The Labute approximate surface area is 161 Å². The van der Waals surface area contributed by atoms with Crippen molar-refractivity contribution in [1.82, 2.24) is 0 Å². The molecule has 0 spiro atoms. The predicted molar refractivity (Wildman–Crippen MR) is 101 cm³/mol. The summed E-state index contributed by atoms with van der Waals surface area (Å²) in [6.45, 7) is 0. The van der Waals surface area contributed by atoms with E-state index in [0.29, 0.717) is 16.3 Å². The Kier molecular flexibility index (Phi) is 4.70. The second-order valence-electron chi connectivity index (χ2n) is 6.90. The molecular weight excluding hydrogens is 366 g/mol. The van der Waals surface area contributed by atoms with Crippen molar-refractivity contribution < 1.29 is 19.1 Å². The predicted octanol–water partition coefficient (Wildman–Crippen LogP) is 4.24. The van der Waals surface area contributed by atoms with Crippen LogP contribution in [0.1, 0.15) is 36.0 Å². The van der Waals surface area contributed by atoms with Gasteiger partial charge >= 0.3 is 5.97 Å². The number of hydrogen-bond acceptors (Lipinski definition) is 4. The highest BCUT2D eigenvalue weighted by atomic mass is 35.5. The quantitative estimate of drug-likeness (QED) is 0.452. The average molecular weight is 384 g/mol. The summed E-state index contributed by atoms with van der Waals surface area (Å²) in [5.41, 5.74) is 0.810. The Morgan fingerprint density at radius 3 is 2.22 bits per heavy atom. The van der Waals surface area contributed by atoms with Crippen LogP contribution in [0.2, 0.25) is 5.02 Å². The highest BCUT2D eigenvalue weighted by molar-refractivity contribution is 6.30. The second kappa shape index (κ2) is 7.16. The molecule has 0 aromatic heterocycles. The molecule has 6 heteroatoms. The first-order valence-corrected chi connectivity index (χ1v) is 9.38. The number of imide groups is 1. The van der Waals surface area contributed by atoms with E-state index in [4.69, 9.17) is 16.3 Å². The van der Waals surface area contributed by atoms with Crippen molar-refractivity contribution in [2.75, 3.05) is 4.90 Å². The highest BCUT2D eigenvalue weighted by Crippen LogP contribution is 2.40. The number of rotatable bonds is 3. The van der Waals surface area contributed by atoms with E-state index in [2.05, 4.69) is 0 Å². The molecule has 27 heavy (non-hydrogen) atoms. The maximum absolute atomic E-state index is 12.7. The fraction of sp³-hybridized carbons (Fsp3) is 0.286. The lowest BCUT2D eigenvalue weighted by atomic mass is 9.81. The van der Waals surface area contributed by atoms with E-state index in [1.807, 2.05) is 0 Å². The smallest absolute Gasteiger partial charge is 0.343 e. The molecule has 1 aliphatic heterocycles. The SMILES string of the molecule is O=C(Oc1cccc(N2C(=O)[C@H]3CCCC[C@H]3C2=O)c1)c1ccc(Cl)cc1. The Morgan fingerprint density at radius 1 is 0.963 bits per heavy atom. The van der Waals surface area contributed by atoms with Crippen LogP contribution in [0, 0.1) is 11.8 Å². The molecule has 1 saturated heterocycles. The number of ether oxygens (including phenoxy) is 1. The lowest BCUT2D eigenvalue weighted by molar-refractivity contribution is -0.122. The van der Waals surface area contributed by atoms with Crippen LogP contribution in [-0.2, 0) is 9.59 Å². The third-order valence-corrected chi connectivity index (χ3v) is 5.46. The number of benzene rings is 2. The van der Waals surface area contributed by atoms with Gasteiger partial charge in [-0.05, 0) is 49.2 Å². The van der Waals surface area contributed by atoms with E-state index in [9.17, 15) is 14.4 Å². The minimum absolute atomic E-state index is 0.147. The highest BCUT2D eigenvalue weighted by Gasteiger charge is 2.48. The number of carbonyl (C=O) groups is 3. The minimum Gasteiger partial charge on any atom is -0.423 e. The van der Waals surface area contributed by atoms with Gasteiger partial charge < -0.3 is 4.74 Å². The summed E-state index contributed by atoms with van der Waals surface area (Å²) in [4.78, 5) is 39.0. The first kappa shape index (κ1) is 17.7. The zero-order valence-corrected chi connectivity index (χ0v) is 15.3. The average Bonchev–Trinajstić information content (AvgIpc) is 2.93. The van der Waals surface area contributed by atoms with E-state index in [1.165, 1.54) is 4.90 Å². The van der Waals surface area contributed by atoms with Gasteiger partial charge in [0.25, 0.3) is 0 Å². The van der Waals surface area contributed by atoms with Gasteiger partial charge in [-0.1, -0.05) is 30.5 Å². The number of nitrogens with zero attached hydrogens (tertiary/aromatic N) is 1. The Morgan fingerprint density at radius 2 is 1.59 bits per heavy atom. The van der Waals surface area contributed by atoms with Crippen molar-refractivity contribution in [3.63, 3.8) is 0 Å². The van der Waals surface area contributed by atoms with Crippen molar-refractivity contribution >= 4 is 35.1 Å². The van der Waals surface area contributed by atoms with Crippen molar-refractivity contribution in [1.29, 1.82) is 0 Å². The van der Waals surface area contributed by atoms with Crippen LogP contribution in [-0.4, -0.2) is 17.8 Å². The molecule has 0 N–H and O–H groups in total. The molecule has 1 aliphatic carbocycles. The van der Waals surface area contributed by atoms with Gasteiger partial charge in [-0.3, -0.25) is 9.59 Å². The number of halogens is 1. The van der Waals surface area contributed by atoms with Gasteiger partial charge in [-0.15, -0.1) is 0 Å². The largest absolute Gasteiger partial charge is 0.423 e. The molecule has 0 unspecified atom stereocenters. The molecule has 1 heterocycles. The van der Waals surface area contributed by atoms with Crippen LogP contribution in [0.3, 0.4) is 0 Å². The number of hydrogen-bond donors (Lipinski definition) is 0. The molecule has 2 fully saturated rings. The van der Waals surface area contributed by atoms with E-state index in [1.54, 1.807) is 48.5 Å². The van der Waals surface area contributed by atoms with Gasteiger partial charge in [0.05, 0.1) is 23.1 Å². The Balaban J connectivity index is 1.56. The van der Waals surface area contributed by atoms with Crippen molar-refractivity contribution in [2.24, 2.45) is 11.8 Å². The number of anilines is 1. The normalized spacial score (nSPS) is 21.9. The van der Waals surface area contributed by atoms with Crippen molar-refractivity contribution in [3.05, 3.63) is 59.1 Å². The number of amides is 2. The van der Waals surface area contributed by atoms with Crippen LogP contribution in [0.5, 0.6) is 5.75 Å². The van der Waals surface area contributed by atoms with Crippen LogP contribution in [0.15, 0.2) is 48.5 Å². The number of fused-ring (bicyclic) bond motifs is 1. The molecular formula is C21H18ClNO4. The van der Waals surface area contributed by atoms with Crippen LogP contribution < -0.4 is 9.64 Å². The number of carbonyl (C=O) groups excluding carboxylic acids is 3. The fourth-order valence-corrected chi connectivity index (χ4v) is 3.98. The van der Waals surface area contributed by atoms with Gasteiger partial charge in [0.15, 0.2) is 0 Å². The lowest BCUT2D eigenvalue weighted by Crippen LogP contribution is -2.30. The van der Waals surface area contributed by atoms with Crippen molar-refractivity contribution in [2.45, 2.75) is 25.7 Å². The van der Waals surface area contributed by atoms with Crippen molar-refractivity contribution in [3.8, 4) is 5.75 Å². The molecule has 0 bridgehead atoms. The first-order chi connectivity index (χ1) is 13.0. The molecule has 0 radical (unpaired) electrons. The molecule has 4 rings (SSSR count). The third-order valence-electron chi connectivity index (χ3n) is 5.21. The maximum atomic E-state index is 12.7. The summed E-state index contributed by atoms with van der Waals surface area (Å²) in [6, 6.07) is 12.9. The van der Waals surface area contributed by atoms with E-state index in [-0.39, 0.29) is 29.4 Å². The zero-order valence-electron chi connectivity index (χ0n) is 14.6. The minimum atomic E-state index is -0.531. The maximum Gasteiger partial charge on any atom is 0.343 e. The van der Waals surface area contributed by atoms with Gasteiger partial charge in [0, 0.05) is 11.1 Å². The fourth-order valence-electron chi connectivity index (χ4n) is 3.85. The van der Waals surface area contributed by atoms with E-state index >= 15 is 0 Å². The summed E-state index contributed by atoms with van der Waals surface area (Å²) in [6.07, 6.45) is 3.48. The molecule has 5 nitrogen and oxygen atoms in total. The number of esters is 1. The Bertz CT molecular complexity index is 885. The molecule has 2 amide bonds. The zero-order chi connectivity index (χ0) is 19.0. The summed E-state index contributed by atoms with van der Waals surface area (Å²) in [7, 11) is 0. The standard InChI is InChI=1S/C21H18ClNO4/c22-14-10-8-13(9-11-14)21(26)27-16-5-3-4-15(12-16)23-19(24)17-6-1-2-7-18(17)20(23)25/h3-5,8-12,17-18H,1-2,6-7H2/t17-,18+. The molecule has 2 aliphatic rings. The van der Waals surface area contributed by atoms with Gasteiger partial charge in [0.2, 0.25) is 11.8 Å². The molecule has 2 atom stereocenters. The van der Waals surface area contributed by atoms with E-state index in [0.717, 1.165) is 25.7 Å². The summed E-state index contributed by atoms with van der Waals surface area (Å²) >= 11 is 5.83. The van der Waals surface area contributed by atoms with Crippen LogP contribution in [0.25, 0.3) is 0 Å². The summed E-state index contributed by atoms with van der Waals surface area (Å²) in [5.74, 6) is -0.978.